The summed E-state index contributed by atoms with van der Waals surface area (Å²) < 4.78 is 5.00. The minimum atomic E-state index is -1.02. The van der Waals surface area contributed by atoms with E-state index in [0.717, 1.165) is 10.5 Å². The van der Waals surface area contributed by atoms with Gasteiger partial charge in [-0.1, -0.05) is 48.5 Å². The third kappa shape index (κ3) is 6.12. The van der Waals surface area contributed by atoms with Crippen LogP contribution in [-0.4, -0.2) is 53.6 Å². The highest BCUT2D eigenvalue weighted by molar-refractivity contribution is 6.22. The molecule has 0 aromatic heterocycles. The molecule has 0 spiro atoms. The summed E-state index contributed by atoms with van der Waals surface area (Å²) in [6, 6.07) is 20.9. The number of carbonyl (C=O) groups is 5. The van der Waals surface area contributed by atoms with Gasteiger partial charge in [0, 0.05) is 32.0 Å². The number of rotatable bonds is 10. The van der Waals surface area contributed by atoms with E-state index in [0.29, 0.717) is 12.0 Å². The van der Waals surface area contributed by atoms with Crippen molar-refractivity contribution in [3.05, 3.63) is 101 Å². The van der Waals surface area contributed by atoms with Crippen LogP contribution in [0.3, 0.4) is 0 Å². The summed E-state index contributed by atoms with van der Waals surface area (Å²) in [6.07, 6.45) is 0.592. The van der Waals surface area contributed by atoms with Crippen molar-refractivity contribution < 1.29 is 28.7 Å². The van der Waals surface area contributed by atoms with Crippen molar-refractivity contribution in [1.82, 2.24) is 15.5 Å². The molecule has 194 valence electrons. The Balaban J connectivity index is 1.35. The molecule has 4 amide bonds. The summed E-state index contributed by atoms with van der Waals surface area (Å²) in [5.74, 6) is -2.00. The number of fused-ring (bicyclic) bond motifs is 1. The predicted octanol–water partition coefficient (Wildman–Crippen LogP) is 2.76. The first kappa shape index (κ1) is 26.3. The van der Waals surface area contributed by atoms with Gasteiger partial charge in [-0.15, -0.1) is 0 Å². The zero-order chi connectivity index (χ0) is 27.1. The smallest absolute Gasteiger partial charge is 0.308 e. The quantitative estimate of drug-likeness (QED) is 0.186. The highest BCUT2D eigenvalue weighted by atomic mass is 16.5. The minimum absolute atomic E-state index is 0.174. The summed E-state index contributed by atoms with van der Waals surface area (Å²) in [4.78, 5) is 63.9. The standard InChI is InChI=1S/C29H27N3O6/c1-19(33)38-22-12-7-11-21(18-22)26(34)30-15-8-16-31-27(35)25(17-20-9-3-2-4-10-20)32-28(36)23-13-5-6-14-24(23)29(32)37/h2-7,9-14,18,25H,8,15-17H2,1H3,(H,30,34)(H,31,35). The van der Waals surface area contributed by atoms with Gasteiger partial charge in [0.25, 0.3) is 17.7 Å². The van der Waals surface area contributed by atoms with Gasteiger partial charge < -0.3 is 15.4 Å². The molecular weight excluding hydrogens is 486 g/mol. The van der Waals surface area contributed by atoms with E-state index >= 15 is 0 Å². The maximum atomic E-state index is 13.2. The Morgan fingerprint density at radius 3 is 2.11 bits per heavy atom. The average Bonchev–Trinajstić information content (AvgIpc) is 3.17. The normalized spacial score (nSPS) is 13.0. The second kappa shape index (κ2) is 12.0. The molecule has 0 fully saturated rings. The van der Waals surface area contributed by atoms with Crippen molar-refractivity contribution in [3.8, 4) is 5.75 Å². The first-order valence-electron chi connectivity index (χ1n) is 12.2. The Kier molecular flexibility index (Phi) is 8.27. The molecule has 1 atom stereocenters. The number of imide groups is 1. The van der Waals surface area contributed by atoms with Crippen molar-refractivity contribution in [2.45, 2.75) is 25.8 Å². The number of nitrogens with one attached hydrogen (secondary N) is 2. The lowest BCUT2D eigenvalue weighted by Crippen LogP contribution is -2.51. The number of amides is 4. The van der Waals surface area contributed by atoms with Gasteiger partial charge in [-0.25, -0.2) is 0 Å². The van der Waals surface area contributed by atoms with Gasteiger partial charge in [-0.3, -0.25) is 28.9 Å². The Morgan fingerprint density at radius 2 is 1.45 bits per heavy atom. The number of carbonyl (C=O) groups excluding carboxylic acids is 5. The van der Waals surface area contributed by atoms with E-state index in [2.05, 4.69) is 10.6 Å². The largest absolute Gasteiger partial charge is 0.427 e. The first-order valence-corrected chi connectivity index (χ1v) is 12.2. The Morgan fingerprint density at radius 1 is 0.816 bits per heavy atom. The third-order valence-electron chi connectivity index (χ3n) is 6.01. The minimum Gasteiger partial charge on any atom is -0.427 e. The van der Waals surface area contributed by atoms with Gasteiger partial charge in [0.2, 0.25) is 5.91 Å². The number of ether oxygens (including phenoxy) is 1. The van der Waals surface area contributed by atoms with Crippen LogP contribution in [0, 0.1) is 0 Å². The molecule has 2 N–H and O–H groups in total. The monoisotopic (exact) mass is 513 g/mol. The van der Waals surface area contributed by atoms with Gasteiger partial charge in [-0.2, -0.15) is 0 Å². The third-order valence-corrected chi connectivity index (χ3v) is 6.01. The van der Waals surface area contributed by atoms with Crippen LogP contribution < -0.4 is 15.4 Å². The molecule has 0 saturated carbocycles. The Bertz CT molecular complexity index is 1340. The van der Waals surface area contributed by atoms with Crippen LogP contribution in [0.2, 0.25) is 0 Å². The summed E-state index contributed by atoms with van der Waals surface area (Å²) >= 11 is 0. The highest BCUT2D eigenvalue weighted by Gasteiger charge is 2.42. The zero-order valence-corrected chi connectivity index (χ0v) is 20.8. The van der Waals surface area contributed by atoms with Gasteiger partial charge in [0.05, 0.1) is 11.1 Å². The summed E-state index contributed by atoms with van der Waals surface area (Å²) in [6.45, 7) is 1.77. The highest BCUT2D eigenvalue weighted by Crippen LogP contribution is 2.26. The lowest BCUT2D eigenvalue weighted by molar-refractivity contribution is -0.132. The zero-order valence-electron chi connectivity index (χ0n) is 20.8. The van der Waals surface area contributed by atoms with Crippen LogP contribution in [0.4, 0.5) is 0 Å². The van der Waals surface area contributed by atoms with Crippen LogP contribution in [0.25, 0.3) is 0 Å². The maximum absolute atomic E-state index is 13.2. The van der Waals surface area contributed by atoms with Crippen molar-refractivity contribution in [3.63, 3.8) is 0 Å². The first-order chi connectivity index (χ1) is 18.3. The van der Waals surface area contributed by atoms with E-state index in [1.165, 1.54) is 13.0 Å². The summed E-state index contributed by atoms with van der Waals surface area (Å²) in [7, 11) is 0. The van der Waals surface area contributed by atoms with E-state index < -0.39 is 29.7 Å². The lowest BCUT2D eigenvalue weighted by atomic mass is 10.0. The fourth-order valence-corrected chi connectivity index (χ4v) is 4.22. The summed E-state index contributed by atoms with van der Waals surface area (Å²) in [5, 5.41) is 5.55. The Labute approximate surface area is 219 Å². The van der Waals surface area contributed by atoms with E-state index in [1.807, 2.05) is 30.3 Å². The fourth-order valence-electron chi connectivity index (χ4n) is 4.22. The van der Waals surface area contributed by atoms with E-state index in [1.54, 1.807) is 42.5 Å². The van der Waals surface area contributed by atoms with E-state index in [4.69, 9.17) is 4.74 Å². The number of hydrogen-bond donors (Lipinski definition) is 2. The van der Waals surface area contributed by atoms with Crippen molar-refractivity contribution >= 4 is 29.6 Å². The van der Waals surface area contributed by atoms with Gasteiger partial charge >= 0.3 is 5.97 Å². The number of hydrogen-bond acceptors (Lipinski definition) is 6. The van der Waals surface area contributed by atoms with E-state index in [-0.39, 0.29) is 42.3 Å². The Hall–Kier alpha value is -4.79. The van der Waals surface area contributed by atoms with Crippen LogP contribution in [-0.2, 0) is 16.0 Å². The number of esters is 1. The molecule has 4 rings (SSSR count). The lowest BCUT2D eigenvalue weighted by Gasteiger charge is -2.25. The predicted molar refractivity (Wildman–Crippen MR) is 139 cm³/mol. The van der Waals surface area contributed by atoms with Crippen LogP contribution >= 0.6 is 0 Å². The molecule has 0 radical (unpaired) electrons. The molecule has 3 aromatic rings. The maximum Gasteiger partial charge on any atom is 0.308 e. The molecule has 0 saturated heterocycles. The van der Waals surface area contributed by atoms with Crippen LogP contribution in [0.5, 0.6) is 5.75 Å². The van der Waals surface area contributed by atoms with Gasteiger partial charge in [0.1, 0.15) is 11.8 Å². The molecule has 38 heavy (non-hydrogen) atoms. The molecule has 9 nitrogen and oxygen atoms in total. The second-order valence-corrected chi connectivity index (χ2v) is 8.75. The topological polar surface area (TPSA) is 122 Å². The van der Waals surface area contributed by atoms with Crippen LogP contribution in [0.15, 0.2) is 78.9 Å². The molecular formula is C29H27N3O6. The van der Waals surface area contributed by atoms with Crippen LogP contribution in [0.1, 0.15) is 50.0 Å². The SMILES string of the molecule is CC(=O)Oc1cccc(C(=O)NCCCNC(=O)C(Cc2ccccc2)N2C(=O)c3ccccc3C2=O)c1. The van der Waals surface area contributed by atoms with Crippen molar-refractivity contribution in [2.24, 2.45) is 0 Å². The molecule has 3 aromatic carbocycles. The molecule has 9 heteroatoms. The van der Waals surface area contributed by atoms with Gasteiger partial charge in [0.15, 0.2) is 0 Å². The molecule has 1 unspecified atom stereocenters. The molecule has 0 aliphatic carbocycles. The number of nitrogens with zero attached hydrogens (tertiary/aromatic N) is 1. The molecule has 0 bridgehead atoms. The van der Waals surface area contributed by atoms with E-state index in [9.17, 15) is 24.0 Å². The fraction of sp³-hybridized carbons (Fsp3) is 0.207. The molecule has 1 heterocycles. The summed E-state index contributed by atoms with van der Waals surface area (Å²) in [5.41, 5.74) is 1.71. The van der Waals surface area contributed by atoms with Crippen molar-refractivity contribution in [1.29, 1.82) is 0 Å². The average molecular weight is 514 g/mol. The number of benzene rings is 3. The van der Waals surface area contributed by atoms with Crippen molar-refractivity contribution in [2.75, 3.05) is 13.1 Å². The molecule has 1 aliphatic rings. The second-order valence-electron chi connectivity index (χ2n) is 8.75. The molecule has 1 aliphatic heterocycles. The van der Waals surface area contributed by atoms with Gasteiger partial charge in [-0.05, 0) is 42.3 Å².